The van der Waals surface area contributed by atoms with Crippen LogP contribution in [0.25, 0.3) is 5.69 Å². The fraction of sp³-hybridized carbons (Fsp3) is 0.435. The fourth-order valence-corrected chi connectivity index (χ4v) is 5.11. The first kappa shape index (κ1) is 19.6. The Morgan fingerprint density at radius 2 is 1.88 bits per heavy atom. The molecule has 2 aromatic heterocycles. The fourth-order valence-electron chi connectivity index (χ4n) is 4.91. The number of nitrogens with zero attached hydrogens (tertiary/aromatic N) is 8. The van der Waals surface area contributed by atoms with Crippen molar-refractivity contribution >= 4 is 17.5 Å². The van der Waals surface area contributed by atoms with Crippen molar-refractivity contribution in [2.24, 2.45) is 0 Å². The van der Waals surface area contributed by atoms with Crippen LogP contribution in [-0.2, 0) is 13.1 Å². The maximum atomic E-state index is 9.13. The highest BCUT2D eigenvalue weighted by Gasteiger charge is 2.35. The van der Waals surface area contributed by atoms with Crippen LogP contribution in [0.3, 0.4) is 0 Å². The number of fused-ring (bicyclic) bond motifs is 3. The first-order chi connectivity index (χ1) is 15.7. The van der Waals surface area contributed by atoms with E-state index < -0.39 is 0 Å². The van der Waals surface area contributed by atoms with Gasteiger partial charge in [0.05, 0.1) is 12.2 Å². The van der Waals surface area contributed by atoms with Gasteiger partial charge in [0.1, 0.15) is 17.6 Å². The van der Waals surface area contributed by atoms with Crippen LogP contribution in [-0.4, -0.2) is 48.8 Å². The Morgan fingerprint density at radius 1 is 1.03 bits per heavy atom. The van der Waals surface area contributed by atoms with E-state index in [-0.39, 0.29) is 0 Å². The summed E-state index contributed by atoms with van der Waals surface area (Å²) in [7, 11) is 0. The lowest BCUT2D eigenvalue weighted by atomic mass is 9.95. The van der Waals surface area contributed by atoms with Gasteiger partial charge in [-0.1, -0.05) is 11.6 Å². The highest BCUT2D eigenvalue weighted by atomic mass is 35.5. The van der Waals surface area contributed by atoms with E-state index in [0.717, 1.165) is 61.4 Å². The molecule has 1 saturated heterocycles. The highest BCUT2D eigenvalue weighted by Crippen LogP contribution is 2.37. The number of aromatic nitrogens is 5. The second-order valence-electron chi connectivity index (χ2n) is 8.83. The second kappa shape index (κ2) is 7.84. The first-order valence-electron chi connectivity index (χ1n) is 11.1. The molecule has 0 bridgehead atoms. The summed E-state index contributed by atoms with van der Waals surface area (Å²) in [6.45, 7) is 3.36. The van der Waals surface area contributed by atoms with Crippen LogP contribution < -0.4 is 4.90 Å². The Labute approximate surface area is 191 Å². The molecule has 0 amide bonds. The molecule has 4 heterocycles. The molecular formula is C23H23ClN8. The summed E-state index contributed by atoms with van der Waals surface area (Å²) in [6.07, 6.45) is 6.04. The average molecular weight is 447 g/mol. The van der Waals surface area contributed by atoms with Crippen LogP contribution in [0.2, 0.25) is 5.02 Å². The predicted molar refractivity (Wildman–Crippen MR) is 120 cm³/mol. The van der Waals surface area contributed by atoms with E-state index in [0.29, 0.717) is 23.6 Å². The van der Waals surface area contributed by atoms with Gasteiger partial charge in [-0.3, -0.25) is 9.47 Å². The van der Waals surface area contributed by atoms with E-state index in [4.69, 9.17) is 16.9 Å². The molecule has 0 N–H and O–H groups in total. The molecular weight excluding hydrogens is 424 g/mol. The van der Waals surface area contributed by atoms with Gasteiger partial charge in [-0.15, -0.1) is 10.2 Å². The van der Waals surface area contributed by atoms with Gasteiger partial charge in [0.15, 0.2) is 5.82 Å². The number of piperidine rings is 1. The zero-order valence-electron chi connectivity index (χ0n) is 17.7. The van der Waals surface area contributed by atoms with Gasteiger partial charge in [0, 0.05) is 42.8 Å². The van der Waals surface area contributed by atoms with Crippen molar-refractivity contribution in [1.29, 1.82) is 5.26 Å². The van der Waals surface area contributed by atoms with E-state index in [1.807, 2.05) is 6.07 Å². The number of hydrogen-bond donors (Lipinski definition) is 0. The molecule has 3 aliphatic rings. The SMILES string of the molecule is N#Cc1ccnc(N2CCC(c3nnc4n3-c3ccc(Cl)cc3CN(C3CC3)C4)CC2)n1. The molecule has 32 heavy (non-hydrogen) atoms. The van der Waals surface area contributed by atoms with Gasteiger partial charge < -0.3 is 4.90 Å². The Bertz CT molecular complexity index is 1200. The first-order valence-corrected chi connectivity index (χ1v) is 11.5. The molecule has 0 spiro atoms. The molecule has 0 atom stereocenters. The zero-order chi connectivity index (χ0) is 21.7. The standard InChI is InChI=1S/C23H23ClN8/c24-17-1-4-20-16(11-17)13-31(19-2-3-19)14-21-28-29-22(32(20)21)15-6-9-30(10-7-15)23-26-8-5-18(12-25)27-23/h1,4-5,8,11,15,19H,2-3,6-7,9-10,13-14H2. The third-order valence-corrected chi connectivity index (χ3v) is 6.95. The van der Waals surface area contributed by atoms with Gasteiger partial charge in [0.25, 0.3) is 0 Å². The highest BCUT2D eigenvalue weighted by molar-refractivity contribution is 6.30. The van der Waals surface area contributed by atoms with Crippen LogP contribution in [0, 0.1) is 11.3 Å². The Morgan fingerprint density at radius 3 is 2.66 bits per heavy atom. The summed E-state index contributed by atoms with van der Waals surface area (Å²) < 4.78 is 2.28. The quantitative estimate of drug-likeness (QED) is 0.609. The normalized spacial score (nSPS) is 19.2. The van der Waals surface area contributed by atoms with Gasteiger partial charge in [0.2, 0.25) is 5.95 Å². The van der Waals surface area contributed by atoms with Crippen molar-refractivity contribution in [3.05, 3.63) is 58.4 Å². The predicted octanol–water partition coefficient (Wildman–Crippen LogP) is 3.44. The molecule has 1 aromatic carbocycles. The lowest BCUT2D eigenvalue weighted by molar-refractivity contribution is 0.243. The molecule has 3 aromatic rings. The largest absolute Gasteiger partial charge is 0.341 e. The molecule has 2 fully saturated rings. The third kappa shape index (κ3) is 3.51. The molecule has 8 nitrogen and oxygen atoms in total. The monoisotopic (exact) mass is 446 g/mol. The van der Waals surface area contributed by atoms with E-state index in [9.17, 15) is 0 Å². The van der Waals surface area contributed by atoms with Crippen molar-refractivity contribution < 1.29 is 0 Å². The molecule has 6 rings (SSSR count). The molecule has 9 heteroatoms. The number of hydrogen-bond acceptors (Lipinski definition) is 7. The van der Waals surface area contributed by atoms with E-state index >= 15 is 0 Å². The smallest absolute Gasteiger partial charge is 0.226 e. The number of halogens is 1. The van der Waals surface area contributed by atoms with E-state index in [1.54, 1.807) is 12.3 Å². The maximum Gasteiger partial charge on any atom is 0.226 e. The number of anilines is 1. The number of rotatable bonds is 3. The Hall–Kier alpha value is -3.02. The van der Waals surface area contributed by atoms with Gasteiger partial charge in [-0.05, 0) is 55.5 Å². The summed E-state index contributed by atoms with van der Waals surface area (Å²) in [6, 6.07) is 10.5. The Kier molecular flexibility index (Phi) is 4.81. The maximum absolute atomic E-state index is 9.13. The summed E-state index contributed by atoms with van der Waals surface area (Å²) >= 11 is 6.36. The van der Waals surface area contributed by atoms with Crippen LogP contribution in [0.15, 0.2) is 30.5 Å². The van der Waals surface area contributed by atoms with Crippen LogP contribution in [0.4, 0.5) is 5.95 Å². The molecule has 1 aliphatic carbocycles. The van der Waals surface area contributed by atoms with Crippen LogP contribution >= 0.6 is 11.6 Å². The van der Waals surface area contributed by atoms with E-state index in [2.05, 4.69) is 52.7 Å². The minimum atomic E-state index is 0.308. The van der Waals surface area contributed by atoms with Crippen molar-refractivity contribution in [1.82, 2.24) is 29.6 Å². The molecule has 2 aliphatic heterocycles. The molecule has 162 valence electrons. The lowest BCUT2D eigenvalue weighted by Gasteiger charge is -2.31. The molecule has 0 unspecified atom stereocenters. The molecule has 1 saturated carbocycles. The minimum absolute atomic E-state index is 0.308. The van der Waals surface area contributed by atoms with Crippen molar-refractivity contribution in [3.63, 3.8) is 0 Å². The number of nitriles is 1. The van der Waals surface area contributed by atoms with E-state index in [1.165, 1.54) is 18.4 Å². The summed E-state index contributed by atoms with van der Waals surface area (Å²) in [4.78, 5) is 13.4. The number of benzene rings is 1. The van der Waals surface area contributed by atoms with Gasteiger partial charge >= 0.3 is 0 Å². The van der Waals surface area contributed by atoms with Crippen LogP contribution in [0.5, 0.6) is 0 Å². The molecule has 0 radical (unpaired) electrons. The topological polar surface area (TPSA) is 86.8 Å². The zero-order valence-corrected chi connectivity index (χ0v) is 18.4. The van der Waals surface area contributed by atoms with Crippen molar-refractivity contribution in [3.8, 4) is 11.8 Å². The summed E-state index contributed by atoms with van der Waals surface area (Å²) in [5.74, 6) is 2.98. The summed E-state index contributed by atoms with van der Waals surface area (Å²) in [5.41, 5.74) is 2.79. The summed E-state index contributed by atoms with van der Waals surface area (Å²) in [5, 5.41) is 19.2. The third-order valence-electron chi connectivity index (χ3n) is 6.72. The van der Waals surface area contributed by atoms with Crippen molar-refractivity contribution in [2.75, 3.05) is 18.0 Å². The average Bonchev–Trinajstić information content (AvgIpc) is 3.62. The van der Waals surface area contributed by atoms with Gasteiger partial charge in [-0.25, -0.2) is 9.97 Å². The second-order valence-corrected chi connectivity index (χ2v) is 9.27. The van der Waals surface area contributed by atoms with Crippen LogP contribution in [0.1, 0.15) is 54.5 Å². The van der Waals surface area contributed by atoms with Crippen molar-refractivity contribution in [2.45, 2.75) is 50.7 Å². The van der Waals surface area contributed by atoms with Gasteiger partial charge in [-0.2, -0.15) is 5.26 Å². The minimum Gasteiger partial charge on any atom is -0.341 e. The lowest BCUT2D eigenvalue weighted by Crippen LogP contribution is -2.35. The Balaban J connectivity index is 1.29.